The summed E-state index contributed by atoms with van der Waals surface area (Å²) < 4.78 is 6.90. The summed E-state index contributed by atoms with van der Waals surface area (Å²) in [6, 6.07) is 28.7. The van der Waals surface area contributed by atoms with E-state index in [0.717, 1.165) is 11.8 Å². The van der Waals surface area contributed by atoms with Gasteiger partial charge in [-0.25, -0.2) is 0 Å². The van der Waals surface area contributed by atoms with E-state index < -0.39 is 9.04 Å². The van der Waals surface area contributed by atoms with Crippen molar-refractivity contribution >= 4 is 25.7 Å². The number of rotatable bonds is 6. The quantitative estimate of drug-likeness (QED) is 0.479. The Morgan fingerprint density at radius 2 is 1.26 bits per heavy atom. The maximum absolute atomic E-state index is 11.6. The minimum absolute atomic E-state index is 0.145. The first-order valence-electron chi connectivity index (χ1n) is 9.30. The second kappa shape index (κ2) is 8.46. The Balaban J connectivity index is 2.07. The van der Waals surface area contributed by atoms with Crippen LogP contribution in [-0.4, -0.2) is 15.3 Å². The summed E-state index contributed by atoms with van der Waals surface area (Å²) in [4.78, 5) is 11.6. The lowest BCUT2D eigenvalue weighted by atomic mass is 9.83. The Bertz CT molecular complexity index is 830. The van der Waals surface area contributed by atoms with E-state index in [-0.39, 0.29) is 11.5 Å². The zero-order valence-corrected chi connectivity index (χ0v) is 17.3. The van der Waals surface area contributed by atoms with E-state index in [0.29, 0.717) is 5.56 Å². The summed E-state index contributed by atoms with van der Waals surface area (Å²) in [6.45, 7) is 6.50. The molecule has 3 rings (SSSR count). The van der Waals surface area contributed by atoms with Gasteiger partial charge in [-0.2, -0.15) is 0 Å². The van der Waals surface area contributed by atoms with Gasteiger partial charge in [-0.05, 0) is 21.4 Å². The van der Waals surface area contributed by atoms with Crippen LogP contribution in [0.4, 0.5) is 0 Å². The van der Waals surface area contributed by atoms with Crippen molar-refractivity contribution in [3.05, 3.63) is 96.1 Å². The van der Waals surface area contributed by atoms with Crippen LogP contribution < -0.4 is 10.4 Å². The molecular weight excluding hydrogens is 348 g/mol. The molecule has 0 aliphatic carbocycles. The van der Waals surface area contributed by atoms with E-state index in [1.807, 2.05) is 36.4 Å². The first-order valence-corrected chi connectivity index (χ1v) is 10.9. The number of carbonyl (C=O) groups is 1. The number of hydrogen-bond acceptors (Lipinski definition) is 2. The molecule has 0 saturated carbocycles. The summed E-state index contributed by atoms with van der Waals surface area (Å²) in [7, 11) is -1.93. The highest BCUT2D eigenvalue weighted by molar-refractivity contribution is 6.80. The summed E-state index contributed by atoms with van der Waals surface area (Å²) in [5.74, 6) is 0. The smallest absolute Gasteiger partial charge is 0.240 e. The number of aldehydes is 1. The Kier molecular flexibility index (Phi) is 6.04. The number of benzene rings is 3. The van der Waals surface area contributed by atoms with E-state index in [9.17, 15) is 4.79 Å². The fraction of sp³-hybridized carbons (Fsp3) is 0.208. The lowest BCUT2D eigenvalue weighted by Crippen LogP contribution is -2.47. The number of hydrogen-bond donors (Lipinski definition) is 0. The molecule has 0 radical (unpaired) electrons. The molecule has 0 aliphatic rings. The summed E-state index contributed by atoms with van der Waals surface area (Å²) >= 11 is 0. The van der Waals surface area contributed by atoms with Gasteiger partial charge in [0.2, 0.25) is 9.04 Å². The highest BCUT2D eigenvalue weighted by atomic mass is 28.3. The second-order valence-electron chi connectivity index (χ2n) is 7.83. The fourth-order valence-electron chi connectivity index (χ4n) is 3.34. The van der Waals surface area contributed by atoms with Gasteiger partial charge in [0, 0.05) is 5.56 Å². The Hall–Kier alpha value is -2.49. The van der Waals surface area contributed by atoms with Gasteiger partial charge in [-0.1, -0.05) is 106 Å². The zero-order valence-electron chi connectivity index (χ0n) is 16.1. The molecule has 1 unspecified atom stereocenters. The molecule has 0 heterocycles. The molecule has 3 aromatic rings. The summed E-state index contributed by atoms with van der Waals surface area (Å²) in [5, 5.41) is 2.48. The van der Waals surface area contributed by atoms with Crippen molar-refractivity contribution in [2.75, 3.05) is 0 Å². The molecule has 2 nitrogen and oxygen atoms in total. The lowest BCUT2D eigenvalue weighted by Gasteiger charge is -2.35. The molecule has 0 bridgehead atoms. The van der Waals surface area contributed by atoms with Crippen LogP contribution in [-0.2, 0) is 4.43 Å². The minimum Gasteiger partial charge on any atom is -0.403 e. The van der Waals surface area contributed by atoms with Gasteiger partial charge in [-0.15, -0.1) is 0 Å². The van der Waals surface area contributed by atoms with Crippen LogP contribution in [0.5, 0.6) is 0 Å². The van der Waals surface area contributed by atoms with Crippen molar-refractivity contribution in [1.29, 1.82) is 0 Å². The molecule has 27 heavy (non-hydrogen) atoms. The third-order valence-electron chi connectivity index (χ3n) is 4.67. The third kappa shape index (κ3) is 4.62. The average molecular weight is 375 g/mol. The van der Waals surface area contributed by atoms with Crippen molar-refractivity contribution in [2.24, 2.45) is 5.41 Å². The maximum atomic E-state index is 11.6. The minimum atomic E-state index is -1.93. The molecule has 138 valence electrons. The first-order chi connectivity index (χ1) is 13.0. The van der Waals surface area contributed by atoms with Crippen molar-refractivity contribution < 1.29 is 9.22 Å². The van der Waals surface area contributed by atoms with Gasteiger partial charge in [-0.3, -0.25) is 4.79 Å². The third-order valence-corrected chi connectivity index (χ3v) is 7.19. The zero-order chi connectivity index (χ0) is 19.3. The largest absolute Gasteiger partial charge is 0.403 e. The SMILES string of the molecule is CC(C)(C)C(O[SiH](c1ccccc1)c1ccccc1)c1ccccc1C=O. The molecule has 1 atom stereocenters. The average Bonchev–Trinajstić information content (AvgIpc) is 2.69. The summed E-state index contributed by atoms with van der Waals surface area (Å²) in [5.41, 5.74) is 1.52. The predicted octanol–water partition coefficient (Wildman–Crippen LogP) is 4.14. The second-order valence-corrected chi connectivity index (χ2v) is 10.2. The normalized spacial score (nSPS) is 12.7. The molecule has 0 aliphatic heterocycles. The molecular formula is C24H26O2Si. The van der Waals surface area contributed by atoms with E-state index in [2.05, 4.69) is 69.3 Å². The molecule has 0 aromatic heterocycles. The van der Waals surface area contributed by atoms with Crippen LogP contribution in [0.2, 0.25) is 0 Å². The van der Waals surface area contributed by atoms with Gasteiger partial charge in [0.15, 0.2) is 0 Å². The highest BCUT2D eigenvalue weighted by Gasteiger charge is 2.33. The van der Waals surface area contributed by atoms with E-state index in [1.165, 1.54) is 10.4 Å². The first kappa shape index (κ1) is 19.3. The molecule has 0 amide bonds. The van der Waals surface area contributed by atoms with Gasteiger partial charge in [0.1, 0.15) is 6.29 Å². The molecule has 0 spiro atoms. The predicted molar refractivity (Wildman–Crippen MR) is 114 cm³/mol. The molecule has 3 aromatic carbocycles. The van der Waals surface area contributed by atoms with Gasteiger partial charge < -0.3 is 4.43 Å². The molecule has 0 N–H and O–H groups in total. The van der Waals surface area contributed by atoms with Gasteiger partial charge in [0.05, 0.1) is 6.10 Å². The lowest BCUT2D eigenvalue weighted by molar-refractivity contribution is 0.0878. The standard InChI is InChI=1S/C24H26O2Si/c1-24(2,3)23(22-17-11-10-12-19(22)18-25)26-27(20-13-6-4-7-14-20)21-15-8-5-9-16-21/h4-18,23,27H,1-3H3. The van der Waals surface area contributed by atoms with E-state index in [1.54, 1.807) is 0 Å². The fourth-order valence-corrected chi connectivity index (χ4v) is 6.01. The van der Waals surface area contributed by atoms with Crippen molar-refractivity contribution in [3.63, 3.8) is 0 Å². The summed E-state index contributed by atoms with van der Waals surface area (Å²) in [6.07, 6.45) is 0.759. The van der Waals surface area contributed by atoms with Crippen molar-refractivity contribution in [3.8, 4) is 0 Å². The maximum Gasteiger partial charge on any atom is 0.240 e. The van der Waals surface area contributed by atoms with Crippen LogP contribution in [0.25, 0.3) is 0 Å². The van der Waals surface area contributed by atoms with Crippen molar-refractivity contribution in [2.45, 2.75) is 26.9 Å². The molecule has 3 heteroatoms. The van der Waals surface area contributed by atoms with Crippen LogP contribution in [0.3, 0.4) is 0 Å². The Morgan fingerprint density at radius 3 is 1.74 bits per heavy atom. The van der Waals surface area contributed by atoms with E-state index >= 15 is 0 Å². The molecule has 0 fully saturated rings. The molecule has 0 saturated heterocycles. The monoisotopic (exact) mass is 374 g/mol. The van der Waals surface area contributed by atoms with Crippen LogP contribution in [0.1, 0.15) is 42.8 Å². The van der Waals surface area contributed by atoms with Crippen LogP contribution in [0, 0.1) is 5.41 Å². The van der Waals surface area contributed by atoms with Gasteiger partial charge in [0.25, 0.3) is 0 Å². The van der Waals surface area contributed by atoms with Gasteiger partial charge >= 0.3 is 0 Å². The van der Waals surface area contributed by atoms with Crippen molar-refractivity contribution in [1.82, 2.24) is 0 Å². The van der Waals surface area contributed by atoms with E-state index in [4.69, 9.17) is 4.43 Å². The highest BCUT2D eigenvalue weighted by Crippen LogP contribution is 2.37. The topological polar surface area (TPSA) is 26.3 Å². The Morgan fingerprint density at radius 1 is 0.778 bits per heavy atom. The van der Waals surface area contributed by atoms with Crippen LogP contribution in [0.15, 0.2) is 84.9 Å². The number of carbonyl (C=O) groups excluding carboxylic acids is 1. The van der Waals surface area contributed by atoms with Crippen LogP contribution >= 0.6 is 0 Å². The Labute approximate surface area is 163 Å².